The van der Waals surface area contributed by atoms with Crippen LogP contribution in [0.5, 0.6) is 22.4 Å². The first-order valence-electron chi connectivity index (χ1n) is 10.5. The van der Waals surface area contributed by atoms with E-state index in [4.69, 9.17) is 30.5 Å². The highest BCUT2D eigenvalue weighted by Crippen LogP contribution is 2.38. The average molecular weight is 489 g/mol. The predicted octanol–water partition coefficient (Wildman–Crippen LogP) is 5.06. The maximum Gasteiger partial charge on any atom is 0.274 e. The molecule has 0 aliphatic carbocycles. The Morgan fingerprint density at radius 2 is 1.82 bits per heavy atom. The summed E-state index contributed by atoms with van der Waals surface area (Å²) in [5.74, 6) is 1.55. The van der Waals surface area contributed by atoms with Crippen molar-refractivity contribution in [2.24, 2.45) is 0 Å². The highest BCUT2D eigenvalue weighted by atomic mass is 35.5. The molecule has 33 heavy (non-hydrogen) atoms. The smallest absolute Gasteiger partial charge is 0.274 e. The minimum absolute atomic E-state index is 0.0208. The number of hydrogen-bond acceptors (Lipinski definition) is 7. The van der Waals surface area contributed by atoms with Crippen molar-refractivity contribution in [3.05, 3.63) is 47.0 Å². The van der Waals surface area contributed by atoms with E-state index < -0.39 is 0 Å². The van der Waals surface area contributed by atoms with Crippen molar-refractivity contribution in [2.75, 3.05) is 34.4 Å². The lowest BCUT2D eigenvalue weighted by molar-refractivity contribution is -0.127. The van der Waals surface area contributed by atoms with Crippen molar-refractivity contribution in [3.63, 3.8) is 0 Å². The summed E-state index contributed by atoms with van der Waals surface area (Å²) in [6.45, 7) is 1.24. The molecule has 2 aromatic carbocycles. The molecule has 1 fully saturated rings. The van der Waals surface area contributed by atoms with Crippen molar-refractivity contribution in [1.82, 2.24) is 9.88 Å². The van der Waals surface area contributed by atoms with Crippen molar-refractivity contribution < 1.29 is 23.7 Å². The lowest BCUT2D eigenvalue weighted by Gasteiger charge is -2.30. The number of methoxy groups -OCH3 is 3. The predicted molar refractivity (Wildman–Crippen MR) is 130 cm³/mol. The van der Waals surface area contributed by atoms with E-state index >= 15 is 0 Å². The van der Waals surface area contributed by atoms with Gasteiger partial charge in [-0.1, -0.05) is 29.0 Å². The Labute approximate surface area is 201 Å². The van der Waals surface area contributed by atoms with E-state index in [1.165, 1.54) is 11.3 Å². The molecule has 3 aromatic rings. The normalized spacial score (nSPS) is 14.6. The molecule has 174 valence electrons. The van der Waals surface area contributed by atoms with Crippen molar-refractivity contribution in [2.45, 2.75) is 18.9 Å². The van der Waals surface area contributed by atoms with Gasteiger partial charge in [-0.3, -0.25) is 4.79 Å². The molecule has 0 unspecified atom stereocenters. The Bertz CT molecular complexity index is 1150. The molecule has 2 heterocycles. The Morgan fingerprint density at radius 3 is 2.42 bits per heavy atom. The standard InChI is InChI=1S/C24H25ClN2O5S/c1-29-18-13-15(14-19(30-2)23(18)31-3)7-8-21(28)27-11-9-16(10-12-27)32-24-26-22-17(25)5-4-6-20(22)33-24/h4-8,13-14,16H,9-12H2,1-3H3/b8-7+. The molecule has 1 aliphatic heterocycles. The number of aromatic nitrogens is 1. The van der Waals surface area contributed by atoms with Crippen LogP contribution in [-0.2, 0) is 4.79 Å². The summed E-state index contributed by atoms with van der Waals surface area (Å²) in [6, 6.07) is 9.31. The first kappa shape index (κ1) is 23.2. The van der Waals surface area contributed by atoms with Crippen molar-refractivity contribution in [1.29, 1.82) is 0 Å². The van der Waals surface area contributed by atoms with Crippen LogP contribution in [-0.4, -0.2) is 56.3 Å². The third-order valence-electron chi connectivity index (χ3n) is 5.48. The summed E-state index contributed by atoms with van der Waals surface area (Å²) in [5.41, 5.74) is 1.55. The van der Waals surface area contributed by atoms with Crippen LogP contribution >= 0.6 is 22.9 Å². The van der Waals surface area contributed by atoms with Crippen molar-refractivity contribution in [3.8, 4) is 22.4 Å². The molecule has 0 saturated carbocycles. The number of ether oxygens (including phenoxy) is 4. The van der Waals surface area contributed by atoms with E-state index in [1.807, 2.05) is 23.1 Å². The van der Waals surface area contributed by atoms with Gasteiger partial charge in [-0.2, -0.15) is 0 Å². The van der Waals surface area contributed by atoms with E-state index in [1.54, 1.807) is 45.6 Å². The fourth-order valence-corrected chi connectivity index (χ4v) is 4.93. The summed E-state index contributed by atoms with van der Waals surface area (Å²) in [6.07, 6.45) is 4.82. The van der Waals surface area contributed by atoms with Crippen LogP contribution in [0, 0.1) is 0 Å². The SMILES string of the molecule is COc1cc(/C=C/C(=O)N2CCC(Oc3nc4c(Cl)cccc4s3)CC2)cc(OC)c1OC. The fraction of sp³-hybridized carbons (Fsp3) is 0.333. The molecule has 0 radical (unpaired) electrons. The fourth-order valence-electron chi connectivity index (χ4n) is 3.75. The van der Waals surface area contributed by atoms with Crippen LogP contribution in [0.1, 0.15) is 18.4 Å². The zero-order valence-corrected chi connectivity index (χ0v) is 20.2. The zero-order chi connectivity index (χ0) is 23.4. The number of rotatable bonds is 7. The highest BCUT2D eigenvalue weighted by molar-refractivity contribution is 7.20. The topological polar surface area (TPSA) is 70.1 Å². The zero-order valence-electron chi connectivity index (χ0n) is 18.7. The number of piperidine rings is 1. The van der Waals surface area contributed by atoms with Gasteiger partial charge in [0.15, 0.2) is 11.5 Å². The monoisotopic (exact) mass is 488 g/mol. The van der Waals surface area contributed by atoms with Gasteiger partial charge in [-0.05, 0) is 35.9 Å². The molecule has 1 aliphatic rings. The molecule has 0 spiro atoms. The second-order valence-electron chi connectivity index (χ2n) is 7.50. The van der Waals surface area contributed by atoms with Crippen molar-refractivity contribution >= 4 is 45.1 Å². The Morgan fingerprint density at radius 1 is 1.12 bits per heavy atom. The molecule has 1 aromatic heterocycles. The second kappa shape index (κ2) is 10.3. The van der Waals surface area contributed by atoms with Gasteiger partial charge in [-0.15, -0.1) is 0 Å². The number of carbonyl (C=O) groups is 1. The summed E-state index contributed by atoms with van der Waals surface area (Å²) < 4.78 is 23.2. The molecular formula is C24H25ClN2O5S. The van der Waals surface area contributed by atoms with E-state index in [0.29, 0.717) is 40.6 Å². The number of benzene rings is 2. The number of nitrogens with zero attached hydrogens (tertiary/aromatic N) is 2. The third kappa shape index (κ3) is 5.17. The number of carbonyl (C=O) groups excluding carboxylic acids is 1. The van der Waals surface area contributed by atoms with Gasteiger partial charge in [0.1, 0.15) is 11.6 Å². The van der Waals surface area contributed by atoms with Crippen LogP contribution < -0.4 is 18.9 Å². The molecule has 9 heteroatoms. The Kier molecular flexibility index (Phi) is 7.25. The summed E-state index contributed by atoms with van der Waals surface area (Å²) in [5, 5.41) is 1.24. The van der Waals surface area contributed by atoms with E-state index in [9.17, 15) is 4.79 Å². The molecule has 0 atom stereocenters. The molecule has 0 N–H and O–H groups in total. The number of likely N-dealkylation sites (tertiary alicyclic amines) is 1. The van der Waals surface area contributed by atoms with Gasteiger partial charge in [0, 0.05) is 32.0 Å². The number of halogens is 1. The van der Waals surface area contributed by atoms with Gasteiger partial charge in [0.05, 0.1) is 31.1 Å². The number of amides is 1. The van der Waals surface area contributed by atoms with Crippen LogP contribution in [0.3, 0.4) is 0 Å². The highest BCUT2D eigenvalue weighted by Gasteiger charge is 2.24. The third-order valence-corrected chi connectivity index (χ3v) is 6.69. The number of hydrogen-bond donors (Lipinski definition) is 0. The lowest BCUT2D eigenvalue weighted by atomic mass is 10.1. The summed E-state index contributed by atoms with van der Waals surface area (Å²) in [7, 11) is 4.68. The van der Waals surface area contributed by atoms with Gasteiger partial charge in [0.2, 0.25) is 11.7 Å². The minimum Gasteiger partial charge on any atom is -0.493 e. The summed E-state index contributed by atoms with van der Waals surface area (Å²) in [4.78, 5) is 19.0. The van der Waals surface area contributed by atoms with Crippen LogP contribution in [0.2, 0.25) is 5.02 Å². The van der Waals surface area contributed by atoms with Gasteiger partial charge in [0.25, 0.3) is 5.19 Å². The van der Waals surface area contributed by atoms with E-state index in [-0.39, 0.29) is 12.0 Å². The average Bonchev–Trinajstić information content (AvgIpc) is 3.26. The van der Waals surface area contributed by atoms with Crippen LogP contribution in [0.15, 0.2) is 36.4 Å². The molecular weight excluding hydrogens is 464 g/mol. The second-order valence-corrected chi connectivity index (χ2v) is 8.90. The van der Waals surface area contributed by atoms with Gasteiger partial charge >= 0.3 is 0 Å². The lowest BCUT2D eigenvalue weighted by Crippen LogP contribution is -2.41. The largest absolute Gasteiger partial charge is 0.493 e. The first-order chi connectivity index (χ1) is 16.0. The van der Waals surface area contributed by atoms with Gasteiger partial charge in [-0.25, -0.2) is 4.98 Å². The molecule has 0 bridgehead atoms. The first-order valence-corrected chi connectivity index (χ1v) is 11.7. The molecule has 1 saturated heterocycles. The quantitative estimate of drug-likeness (QED) is 0.433. The number of fused-ring (bicyclic) bond motifs is 1. The maximum atomic E-state index is 12.7. The molecule has 1 amide bonds. The van der Waals surface area contributed by atoms with Crippen LogP contribution in [0.25, 0.3) is 16.3 Å². The maximum absolute atomic E-state index is 12.7. The van der Waals surface area contributed by atoms with E-state index in [0.717, 1.165) is 28.6 Å². The minimum atomic E-state index is -0.0472. The number of thiazole rings is 1. The Balaban J connectivity index is 1.35. The summed E-state index contributed by atoms with van der Waals surface area (Å²) >= 11 is 7.70. The Hall–Kier alpha value is -2.97. The molecule has 4 rings (SSSR count). The number of para-hydroxylation sites is 1. The van der Waals surface area contributed by atoms with E-state index in [2.05, 4.69) is 4.98 Å². The molecule has 7 nitrogen and oxygen atoms in total. The van der Waals surface area contributed by atoms with Crippen LogP contribution in [0.4, 0.5) is 0 Å². The van der Waals surface area contributed by atoms with Gasteiger partial charge < -0.3 is 23.8 Å².